The molecule has 0 aliphatic heterocycles. The molecule has 5 heteroatoms. The molecule has 0 saturated heterocycles. The van der Waals surface area contributed by atoms with Crippen LogP contribution in [-0.4, -0.2) is 4.92 Å². The molecule has 0 fully saturated rings. The average Bonchev–Trinajstić information content (AvgIpc) is 1.81. The van der Waals surface area contributed by atoms with Gasteiger partial charge in [0, 0.05) is 15.0 Å². The first-order valence-electron chi connectivity index (χ1n) is 3.14. The summed E-state index contributed by atoms with van der Waals surface area (Å²) < 4.78 is 13.1. The predicted octanol–water partition coefficient (Wildman–Crippen LogP) is 2.36. The van der Waals surface area contributed by atoms with Crippen LogP contribution in [0.3, 0.4) is 0 Å². The summed E-state index contributed by atoms with van der Waals surface area (Å²) in [5.41, 5.74) is 0.354. The van der Waals surface area contributed by atoms with Crippen molar-refractivity contribution in [3.63, 3.8) is 0 Å². The Labute approximate surface area is 76.5 Å². The molecule has 0 aliphatic carbocycles. The van der Waals surface area contributed by atoms with Crippen molar-refractivity contribution in [2.24, 2.45) is 0 Å². The van der Waals surface area contributed by atoms with Crippen LogP contribution in [0.15, 0.2) is 22.7 Å². The molecule has 12 heavy (non-hydrogen) atoms. The lowest BCUT2D eigenvalue weighted by atomic mass is 10.2. The van der Waals surface area contributed by atoms with Crippen LogP contribution in [-0.2, 0) is 6.54 Å². The van der Waals surface area contributed by atoms with Crippen molar-refractivity contribution in [1.29, 1.82) is 0 Å². The lowest BCUT2D eigenvalue weighted by Crippen LogP contribution is -1.98. The van der Waals surface area contributed by atoms with Crippen LogP contribution in [0, 0.1) is 15.9 Å². The quantitative estimate of drug-likeness (QED) is 0.582. The first-order chi connectivity index (χ1) is 5.58. The minimum Gasteiger partial charge on any atom is -0.264 e. The molecule has 64 valence electrons. The molecule has 0 radical (unpaired) electrons. The van der Waals surface area contributed by atoms with Crippen molar-refractivity contribution in [3.8, 4) is 0 Å². The van der Waals surface area contributed by atoms with E-state index in [0.717, 1.165) is 6.07 Å². The molecule has 0 spiro atoms. The van der Waals surface area contributed by atoms with E-state index in [2.05, 4.69) is 15.9 Å². The zero-order chi connectivity index (χ0) is 9.14. The summed E-state index contributed by atoms with van der Waals surface area (Å²) in [5.74, 6) is -0.471. The normalized spacial score (nSPS) is 9.83. The van der Waals surface area contributed by atoms with E-state index in [1.54, 1.807) is 0 Å². The van der Waals surface area contributed by atoms with E-state index in [9.17, 15) is 14.5 Å². The fourth-order valence-electron chi connectivity index (χ4n) is 0.851. The van der Waals surface area contributed by atoms with Gasteiger partial charge in [-0.25, -0.2) is 4.39 Å². The van der Waals surface area contributed by atoms with Gasteiger partial charge in [-0.1, -0.05) is 15.9 Å². The zero-order valence-corrected chi connectivity index (χ0v) is 7.54. The highest BCUT2D eigenvalue weighted by Crippen LogP contribution is 2.15. The number of rotatable bonds is 2. The molecule has 0 amide bonds. The van der Waals surface area contributed by atoms with E-state index < -0.39 is 10.7 Å². The van der Waals surface area contributed by atoms with Crippen LogP contribution in [0.1, 0.15) is 5.56 Å². The Kier molecular flexibility index (Phi) is 2.75. The second-order valence-corrected chi connectivity index (χ2v) is 3.18. The smallest absolute Gasteiger partial charge is 0.229 e. The monoisotopic (exact) mass is 233 g/mol. The van der Waals surface area contributed by atoms with Gasteiger partial charge in [0.25, 0.3) is 0 Å². The summed E-state index contributed by atoms with van der Waals surface area (Å²) in [7, 11) is 0. The molecule has 0 heterocycles. The van der Waals surface area contributed by atoms with E-state index in [1.807, 2.05) is 0 Å². The van der Waals surface area contributed by atoms with Gasteiger partial charge in [-0.05, 0) is 18.2 Å². The third-order valence-electron chi connectivity index (χ3n) is 1.23. The zero-order valence-electron chi connectivity index (χ0n) is 5.96. The minimum atomic E-state index is -0.499. The predicted molar refractivity (Wildman–Crippen MR) is 44.8 cm³/mol. The average molecular weight is 234 g/mol. The van der Waals surface area contributed by atoms with Gasteiger partial charge >= 0.3 is 0 Å². The summed E-state index contributed by atoms with van der Waals surface area (Å²) in [6, 6.07) is 3.92. The van der Waals surface area contributed by atoms with E-state index in [0.29, 0.717) is 10.0 Å². The van der Waals surface area contributed by atoms with Crippen molar-refractivity contribution in [3.05, 3.63) is 44.2 Å². The molecular weight excluding hydrogens is 229 g/mol. The maximum atomic E-state index is 12.6. The van der Waals surface area contributed by atoms with Gasteiger partial charge in [-0.3, -0.25) is 10.1 Å². The van der Waals surface area contributed by atoms with Gasteiger partial charge in [0.1, 0.15) is 5.82 Å². The summed E-state index contributed by atoms with van der Waals surface area (Å²) in [6.07, 6.45) is 0. The molecule has 0 saturated carbocycles. The van der Waals surface area contributed by atoms with E-state index >= 15 is 0 Å². The number of nitro groups is 1. The van der Waals surface area contributed by atoms with Gasteiger partial charge in [0.15, 0.2) is 0 Å². The molecule has 0 unspecified atom stereocenters. The van der Waals surface area contributed by atoms with E-state index in [-0.39, 0.29) is 6.54 Å². The van der Waals surface area contributed by atoms with Gasteiger partial charge in [0.2, 0.25) is 6.54 Å². The Morgan fingerprint density at radius 1 is 1.50 bits per heavy atom. The largest absolute Gasteiger partial charge is 0.264 e. The van der Waals surface area contributed by atoms with Crippen LogP contribution in [0.25, 0.3) is 0 Å². The third-order valence-corrected chi connectivity index (χ3v) is 1.69. The van der Waals surface area contributed by atoms with Crippen molar-refractivity contribution >= 4 is 15.9 Å². The maximum Gasteiger partial charge on any atom is 0.229 e. The molecular formula is C7H5BrFNO2. The third kappa shape index (κ3) is 2.58. The highest BCUT2D eigenvalue weighted by atomic mass is 79.9. The molecule has 3 nitrogen and oxygen atoms in total. The molecule has 0 N–H and O–H groups in total. The van der Waals surface area contributed by atoms with Crippen LogP contribution >= 0.6 is 15.9 Å². The second kappa shape index (κ2) is 3.62. The van der Waals surface area contributed by atoms with Crippen LogP contribution < -0.4 is 0 Å². The van der Waals surface area contributed by atoms with Crippen molar-refractivity contribution in [1.82, 2.24) is 0 Å². The lowest BCUT2D eigenvalue weighted by molar-refractivity contribution is -0.496. The van der Waals surface area contributed by atoms with Gasteiger partial charge in [0.05, 0.1) is 0 Å². The topological polar surface area (TPSA) is 43.1 Å². The molecule has 0 aliphatic rings. The summed E-state index contributed by atoms with van der Waals surface area (Å²) in [6.45, 7) is -0.351. The summed E-state index contributed by atoms with van der Waals surface area (Å²) in [4.78, 5) is 9.56. The Morgan fingerprint density at radius 3 is 2.67 bits per heavy atom. The lowest BCUT2D eigenvalue weighted by Gasteiger charge is -1.96. The van der Waals surface area contributed by atoms with E-state index in [1.165, 1.54) is 12.1 Å². The number of benzene rings is 1. The first-order valence-corrected chi connectivity index (χ1v) is 3.94. The number of hydrogen-bond acceptors (Lipinski definition) is 2. The molecule has 0 aromatic heterocycles. The Morgan fingerprint density at radius 2 is 2.17 bits per heavy atom. The Bertz CT molecular complexity index is 296. The number of nitrogens with zero attached hydrogens (tertiary/aromatic N) is 1. The number of halogens is 2. The SMILES string of the molecule is O=[N+]([O-])Cc1cc(F)cc(Br)c1. The highest BCUT2D eigenvalue weighted by Gasteiger charge is 2.04. The second-order valence-electron chi connectivity index (χ2n) is 2.27. The molecule has 0 bridgehead atoms. The van der Waals surface area contributed by atoms with Crippen molar-refractivity contribution in [2.75, 3.05) is 0 Å². The number of hydrogen-bond donors (Lipinski definition) is 0. The Balaban J connectivity index is 2.93. The fraction of sp³-hybridized carbons (Fsp3) is 0.143. The molecule has 0 atom stereocenters. The van der Waals surface area contributed by atoms with Crippen LogP contribution in [0.5, 0.6) is 0 Å². The summed E-state index contributed by atoms with van der Waals surface area (Å²) >= 11 is 3.04. The van der Waals surface area contributed by atoms with Gasteiger partial charge < -0.3 is 0 Å². The van der Waals surface area contributed by atoms with Crippen LogP contribution in [0.4, 0.5) is 4.39 Å². The Hall–Kier alpha value is -0.970. The first kappa shape index (κ1) is 9.12. The van der Waals surface area contributed by atoms with E-state index in [4.69, 9.17) is 0 Å². The van der Waals surface area contributed by atoms with Crippen LogP contribution in [0.2, 0.25) is 0 Å². The maximum absolute atomic E-state index is 12.6. The minimum absolute atomic E-state index is 0.351. The highest BCUT2D eigenvalue weighted by molar-refractivity contribution is 9.10. The molecule has 1 rings (SSSR count). The van der Waals surface area contributed by atoms with Crippen molar-refractivity contribution in [2.45, 2.75) is 6.54 Å². The van der Waals surface area contributed by atoms with Gasteiger partial charge in [-0.2, -0.15) is 0 Å². The van der Waals surface area contributed by atoms with Gasteiger partial charge in [-0.15, -0.1) is 0 Å². The fourth-order valence-corrected chi connectivity index (χ4v) is 1.36. The standard InChI is InChI=1S/C7H5BrFNO2/c8-6-1-5(4-10(11)12)2-7(9)3-6/h1-3H,4H2. The molecule has 1 aromatic rings. The molecule has 1 aromatic carbocycles. The summed E-state index contributed by atoms with van der Waals surface area (Å²) in [5, 5.41) is 10.1. The van der Waals surface area contributed by atoms with Crippen molar-refractivity contribution < 1.29 is 9.31 Å².